The molecule has 30 heavy (non-hydrogen) atoms. The molecule has 2 aromatic rings. The molecule has 0 aliphatic rings. The van der Waals surface area contributed by atoms with Crippen LogP contribution in [0.3, 0.4) is 0 Å². The van der Waals surface area contributed by atoms with E-state index in [0.717, 1.165) is 30.7 Å². The van der Waals surface area contributed by atoms with Crippen molar-refractivity contribution in [3.05, 3.63) is 57.1 Å². The summed E-state index contributed by atoms with van der Waals surface area (Å²) in [5.41, 5.74) is -1.03. The monoisotopic (exact) mass is 484 g/mol. The number of aromatic nitrogens is 1. The predicted molar refractivity (Wildman–Crippen MR) is 106 cm³/mol. The van der Waals surface area contributed by atoms with Crippen LogP contribution in [-0.4, -0.2) is 25.6 Å². The SMILES string of the molecule is CC(C)C(F)(F)c1ncc(OCc2cc(F)c(C(=O)NS(C)(=O)=O)cc2Cl)cc1Cl. The third-order valence-corrected chi connectivity index (χ3v) is 5.11. The molecule has 1 heterocycles. The first-order chi connectivity index (χ1) is 13.7. The Morgan fingerprint density at radius 1 is 1.23 bits per heavy atom. The van der Waals surface area contributed by atoms with E-state index in [9.17, 15) is 26.4 Å². The summed E-state index contributed by atoms with van der Waals surface area (Å²) < 4.78 is 71.7. The number of pyridine rings is 1. The van der Waals surface area contributed by atoms with Gasteiger partial charge in [-0.3, -0.25) is 4.79 Å². The van der Waals surface area contributed by atoms with E-state index >= 15 is 0 Å². The highest BCUT2D eigenvalue weighted by Crippen LogP contribution is 2.39. The van der Waals surface area contributed by atoms with Crippen molar-refractivity contribution in [2.24, 2.45) is 5.92 Å². The number of amides is 1. The summed E-state index contributed by atoms with van der Waals surface area (Å²) in [5, 5.41) is -0.367. The Morgan fingerprint density at radius 3 is 2.40 bits per heavy atom. The molecule has 12 heteroatoms. The molecule has 1 amide bonds. The van der Waals surface area contributed by atoms with Crippen LogP contribution in [0.5, 0.6) is 5.75 Å². The van der Waals surface area contributed by atoms with Gasteiger partial charge in [0, 0.05) is 22.6 Å². The topological polar surface area (TPSA) is 85.4 Å². The number of hydrogen-bond acceptors (Lipinski definition) is 5. The molecule has 0 bridgehead atoms. The van der Waals surface area contributed by atoms with Crippen molar-refractivity contribution in [1.29, 1.82) is 0 Å². The molecule has 0 spiro atoms. The van der Waals surface area contributed by atoms with Gasteiger partial charge in [-0.1, -0.05) is 37.0 Å². The minimum atomic E-state index is -3.89. The Kier molecular flexibility index (Phi) is 7.26. The normalized spacial score (nSPS) is 12.2. The molecule has 1 aromatic heterocycles. The molecule has 0 atom stereocenters. The van der Waals surface area contributed by atoms with Crippen molar-refractivity contribution in [2.75, 3.05) is 6.26 Å². The number of ether oxygens (including phenoxy) is 1. The Bertz CT molecular complexity index is 1080. The van der Waals surface area contributed by atoms with Crippen LogP contribution in [0.1, 0.15) is 35.5 Å². The first-order valence-electron chi connectivity index (χ1n) is 8.39. The van der Waals surface area contributed by atoms with Crippen molar-refractivity contribution in [3.8, 4) is 5.75 Å². The number of nitrogens with zero attached hydrogens (tertiary/aromatic N) is 1. The molecule has 164 valence electrons. The predicted octanol–water partition coefficient (Wildman–Crippen LogP) is 4.54. The molecule has 1 aromatic carbocycles. The number of carbonyl (C=O) groups is 1. The van der Waals surface area contributed by atoms with Crippen molar-refractivity contribution in [2.45, 2.75) is 26.4 Å². The molecule has 0 fully saturated rings. The van der Waals surface area contributed by atoms with E-state index in [1.54, 1.807) is 4.72 Å². The van der Waals surface area contributed by atoms with Crippen molar-refractivity contribution < 1.29 is 31.1 Å². The maximum absolute atomic E-state index is 14.2. The second-order valence-corrected chi connectivity index (χ2v) is 9.26. The van der Waals surface area contributed by atoms with Gasteiger partial charge in [0.25, 0.3) is 11.8 Å². The summed E-state index contributed by atoms with van der Waals surface area (Å²) in [4.78, 5) is 15.5. The van der Waals surface area contributed by atoms with Crippen molar-refractivity contribution in [3.63, 3.8) is 0 Å². The van der Waals surface area contributed by atoms with Crippen molar-refractivity contribution >= 4 is 39.1 Å². The summed E-state index contributed by atoms with van der Waals surface area (Å²) in [7, 11) is -3.89. The highest BCUT2D eigenvalue weighted by Gasteiger charge is 2.39. The fourth-order valence-electron chi connectivity index (χ4n) is 2.28. The number of rotatable bonds is 7. The van der Waals surface area contributed by atoms with Gasteiger partial charge in [-0.2, -0.15) is 8.78 Å². The zero-order chi connectivity index (χ0) is 22.9. The lowest BCUT2D eigenvalue weighted by Crippen LogP contribution is -2.30. The summed E-state index contributed by atoms with van der Waals surface area (Å²) in [6.07, 6.45) is 1.80. The first kappa shape index (κ1) is 24.2. The first-order valence-corrected chi connectivity index (χ1v) is 11.0. The second kappa shape index (κ2) is 8.99. The molecule has 0 unspecified atom stereocenters. The molecule has 1 N–H and O–H groups in total. The van der Waals surface area contributed by atoms with Gasteiger partial charge in [-0.15, -0.1) is 0 Å². The number of alkyl halides is 2. The molecule has 0 aliphatic carbocycles. The number of carbonyl (C=O) groups excluding carboxylic acids is 1. The Hall–Kier alpha value is -2.04. The summed E-state index contributed by atoms with van der Waals surface area (Å²) in [5.74, 6) is -6.41. The number of hydrogen-bond donors (Lipinski definition) is 1. The largest absolute Gasteiger partial charge is 0.487 e. The average molecular weight is 485 g/mol. The van der Waals surface area contributed by atoms with Crippen LogP contribution in [0.25, 0.3) is 0 Å². The standard InChI is InChI=1S/C18H17Cl2F3N2O4S/c1-9(2)18(22,23)16-14(20)5-11(7-24-16)29-8-10-4-15(21)12(6-13(10)19)17(26)25-30(3,27)28/h4-7,9H,8H2,1-3H3,(H,25,26). The molecule has 2 rings (SSSR count). The van der Waals surface area contributed by atoms with Gasteiger partial charge in [-0.25, -0.2) is 22.5 Å². The lowest BCUT2D eigenvalue weighted by molar-refractivity contribution is -0.0553. The number of halogens is 5. The summed E-state index contributed by atoms with van der Waals surface area (Å²) in [6.45, 7) is 2.37. The minimum absolute atomic E-state index is 0.0404. The summed E-state index contributed by atoms with van der Waals surface area (Å²) in [6, 6.07) is 3.00. The minimum Gasteiger partial charge on any atom is -0.487 e. The second-order valence-electron chi connectivity index (χ2n) is 6.69. The molecular weight excluding hydrogens is 468 g/mol. The molecule has 0 radical (unpaired) electrons. The molecule has 6 nitrogen and oxygen atoms in total. The Labute approximate surface area is 181 Å². The zero-order valence-corrected chi connectivity index (χ0v) is 18.3. The Morgan fingerprint density at radius 2 is 1.87 bits per heavy atom. The third-order valence-electron chi connectivity index (χ3n) is 3.91. The molecule has 0 saturated heterocycles. The molecular formula is C18H17Cl2F3N2O4S. The quantitative estimate of drug-likeness (QED) is 0.623. The lowest BCUT2D eigenvalue weighted by atomic mass is 10.0. The maximum atomic E-state index is 14.2. The van der Waals surface area contributed by atoms with Gasteiger partial charge in [0.2, 0.25) is 10.0 Å². The van der Waals surface area contributed by atoms with Crippen LogP contribution >= 0.6 is 23.2 Å². The highest BCUT2D eigenvalue weighted by molar-refractivity contribution is 7.89. The van der Waals surface area contributed by atoms with Crippen LogP contribution < -0.4 is 9.46 Å². The lowest BCUT2D eigenvalue weighted by Gasteiger charge is -2.21. The van der Waals surface area contributed by atoms with Crippen molar-refractivity contribution in [1.82, 2.24) is 9.71 Å². The number of nitrogens with one attached hydrogen (secondary N) is 1. The third kappa shape index (κ3) is 5.77. The van der Waals surface area contributed by atoms with E-state index in [4.69, 9.17) is 27.9 Å². The van der Waals surface area contributed by atoms with Gasteiger partial charge in [0.1, 0.15) is 23.9 Å². The van der Waals surface area contributed by atoms with E-state index in [2.05, 4.69) is 4.98 Å². The van der Waals surface area contributed by atoms with Crippen LogP contribution in [0.2, 0.25) is 10.0 Å². The van der Waals surface area contributed by atoms with E-state index in [1.807, 2.05) is 0 Å². The fourth-order valence-corrected chi connectivity index (χ4v) is 3.22. The van der Waals surface area contributed by atoms with Crippen LogP contribution in [0.15, 0.2) is 24.4 Å². The molecule has 0 saturated carbocycles. The smallest absolute Gasteiger partial charge is 0.293 e. The van der Waals surface area contributed by atoms with Gasteiger partial charge in [0.15, 0.2) is 0 Å². The van der Waals surface area contributed by atoms with E-state index in [1.165, 1.54) is 13.8 Å². The van der Waals surface area contributed by atoms with Crippen LogP contribution in [0, 0.1) is 11.7 Å². The van der Waals surface area contributed by atoms with E-state index in [-0.39, 0.29) is 28.0 Å². The van der Waals surface area contributed by atoms with Crippen LogP contribution in [-0.2, 0) is 22.6 Å². The molecule has 0 aliphatic heterocycles. The zero-order valence-electron chi connectivity index (χ0n) is 16.0. The van der Waals surface area contributed by atoms with E-state index in [0.29, 0.717) is 0 Å². The van der Waals surface area contributed by atoms with Gasteiger partial charge >= 0.3 is 0 Å². The van der Waals surface area contributed by atoms with Crippen LogP contribution in [0.4, 0.5) is 13.2 Å². The fraction of sp³-hybridized carbons (Fsp3) is 0.333. The van der Waals surface area contributed by atoms with Gasteiger partial charge < -0.3 is 4.74 Å². The number of benzene rings is 1. The van der Waals surface area contributed by atoms with Gasteiger partial charge in [0.05, 0.1) is 23.0 Å². The van der Waals surface area contributed by atoms with E-state index < -0.39 is 44.8 Å². The highest BCUT2D eigenvalue weighted by atomic mass is 35.5. The Balaban J connectivity index is 2.19. The summed E-state index contributed by atoms with van der Waals surface area (Å²) >= 11 is 11.9. The number of sulfonamides is 1. The maximum Gasteiger partial charge on any atom is 0.293 e. The average Bonchev–Trinajstić information content (AvgIpc) is 2.60. The van der Waals surface area contributed by atoms with Gasteiger partial charge in [-0.05, 0) is 12.1 Å².